The molecule has 1 saturated carbocycles. The Bertz CT molecular complexity index is 753. The molecule has 0 atom stereocenters. The first kappa shape index (κ1) is 19.4. The molecule has 0 saturated heterocycles. The highest BCUT2D eigenvalue weighted by Crippen LogP contribution is 2.40. The molecule has 0 spiro atoms. The van der Waals surface area contributed by atoms with Gasteiger partial charge in [-0.15, -0.1) is 11.8 Å². The van der Waals surface area contributed by atoms with Gasteiger partial charge in [0.15, 0.2) is 5.88 Å². The van der Waals surface area contributed by atoms with Crippen LogP contribution in [0.4, 0.5) is 13.2 Å². The van der Waals surface area contributed by atoms with Crippen LogP contribution in [0.5, 0.6) is 0 Å². The summed E-state index contributed by atoms with van der Waals surface area (Å²) in [5.74, 6) is -1.18. The van der Waals surface area contributed by atoms with Gasteiger partial charge in [0.2, 0.25) is 5.78 Å². The van der Waals surface area contributed by atoms with Crippen LogP contribution in [0.2, 0.25) is 0 Å². The van der Waals surface area contributed by atoms with Crippen LogP contribution in [-0.4, -0.2) is 29.9 Å². The fourth-order valence-electron chi connectivity index (χ4n) is 2.62. The van der Waals surface area contributed by atoms with Crippen molar-refractivity contribution in [2.45, 2.75) is 30.8 Å². The Morgan fingerprint density at radius 3 is 2.40 bits per heavy atom. The van der Waals surface area contributed by atoms with Crippen molar-refractivity contribution in [3.8, 4) is 0 Å². The molecule has 0 unspecified atom stereocenters. The van der Waals surface area contributed by atoms with Gasteiger partial charge in [0.1, 0.15) is 5.57 Å². The van der Waals surface area contributed by atoms with Crippen LogP contribution in [0.1, 0.15) is 34.3 Å². The Kier molecular flexibility index (Phi) is 5.51. The molecular formula is C17H19F3N2O2S. The second-order valence-electron chi connectivity index (χ2n) is 5.81. The van der Waals surface area contributed by atoms with Crippen molar-refractivity contribution in [2.75, 3.05) is 13.3 Å². The molecule has 0 amide bonds. The molecule has 1 aliphatic rings. The third kappa shape index (κ3) is 3.84. The molecule has 4 nitrogen and oxygen atoms in total. The second kappa shape index (κ2) is 7.11. The first-order chi connectivity index (χ1) is 11.6. The Labute approximate surface area is 148 Å². The number of rotatable bonds is 6. The summed E-state index contributed by atoms with van der Waals surface area (Å²) in [6, 6.07) is 1.99. The van der Waals surface area contributed by atoms with E-state index in [4.69, 9.17) is 5.41 Å². The third-order valence-electron chi connectivity index (χ3n) is 4.12. The van der Waals surface area contributed by atoms with Gasteiger partial charge in [0.25, 0.3) is 0 Å². The number of nitrogens with one attached hydrogen (secondary N) is 2. The number of hydrogen-bond donors (Lipinski definition) is 3. The van der Waals surface area contributed by atoms with Gasteiger partial charge in [-0.05, 0) is 37.7 Å². The first-order valence-corrected chi connectivity index (χ1v) is 8.85. The van der Waals surface area contributed by atoms with Gasteiger partial charge in [0.05, 0.1) is 11.3 Å². The van der Waals surface area contributed by atoms with Gasteiger partial charge < -0.3 is 15.8 Å². The normalized spacial score (nSPS) is 15.6. The fourth-order valence-corrected chi connectivity index (χ4v) is 3.44. The molecule has 0 radical (unpaired) electrons. The van der Waals surface area contributed by atoms with Crippen LogP contribution < -0.4 is 5.32 Å². The van der Waals surface area contributed by atoms with E-state index in [9.17, 15) is 23.1 Å². The topological polar surface area (TPSA) is 73.2 Å². The van der Waals surface area contributed by atoms with E-state index in [1.165, 1.54) is 20.2 Å². The zero-order valence-corrected chi connectivity index (χ0v) is 14.9. The van der Waals surface area contributed by atoms with Crippen LogP contribution in [-0.2, 0) is 6.18 Å². The van der Waals surface area contributed by atoms with Crippen LogP contribution >= 0.6 is 11.8 Å². The molecule has 0 aromatic heterocycles. The maximum atomic E-state index is 13.1. The van der Waals surface area contributed by atoms with Gasteiger partial charge in [-0.3, -0.25) is 4.79 Å². The summed E-state index contributed by atoms with van der Waals surface area (Å²) in [5.41, 5.74) is -0.715. The number of carbonyl (C=O) groups excluding carboxylic acids is 1. The Balaban J connectivity index is 2.56. The SMILES string of the molecule is CN/C(O)=C(\C(=N)C1CC1)C(=O)c1ccc(C(F)(F)F)c(SC)c1C. The number of hydrogen-bond acceptors (Lipinski definition) is 5. The first-order valence-electron chi connectivity index (χ1n) is 7.62. The highest BCUT2D eigenvalue weighted by molar-refractivity contribution is 7.98. The van der Waals surface area contributed by atoms with E-state index in [2.05, 4.69) is 5.32 Å². The number of thioether (sulfide) groups is 1. The molecule has 1 fully saturated rings. The number of carbonyl (C=O) groups is 1. The Morgan fingerprint density at radius 2 is 1.96 bits per heavy atom. The summed E-state index contributed by atoms with van der Waals surface area (Å²) < 4.78 is 39.4. The monoisotopic (exact) mass is 372 g/mol. The van der Waals surface area contributed by atoms with E-state index in [0.29, 0.717) is 0 Å². The van der Waals surface area contributed by atoms with Gasteiger partial charge in [-0.25, -0.2) is 0 Å². The summed E-state index contributed by atoms with van der Waals surface area (Å²) in [5, 5.41) is 20.6. The lowest BCUT2D eigenvalue weighted by Gasteiger charge is -2.17. The van der Waals surface area contributed by atoms with Crippen molar-refractivity contribution >= 4 is 23.3 Å². The molecular weight excluding hydrogens is 353 g/mol. The van der Waals surface area contributed by atoms with E-state index >= 15 is 0 Å². The number of alkyl halides is 3. The molecule has 3 N–H and O–H groups in total. The Morgan fingerprint density at radius 1 is 1.36 bits per heavy atom. The number of aliphatic hydroxyl groups is 1. The number of Topliss-reactive ketones (excluding diaryl/α,β-unsaturated/α-hetero) is 1. The number of ketones is 1. The van der Waals surface area contributed by atoms with Gasteiger partial charge in [-0.2, -0.15) is 13.2 Å². The maximum Gasteiger partial charge on any atom is 0.417 e. The number of benzene rings is 1. The summed E-state index contributed by atoms with van der Waals surface area (Å²) in [7, 11) is 1.41. The van der Waals surface area contributed by atoms with Crippen LogP contribution in [0.15, 0.2) is 28.5 Å². The van der Waals surface area contributed by atoms with E-state index in [1.807, 2.05) is 0 Å². The van der Waals surface area contributed by atoms with Crippen molar-refractivity contribution in [3.63, 3.8) is 0 Å². The molecule has 1 aliphatic carbocycles. The van der Waals surface area contributed by atoms with Gasteiger partial charge in [0, 0.05) is 23.4 Å². The van der Waals surface area contributed by atoms with E-state index < -0.39 is 23.4 Å². The van der Waals surface area contributed by atoms with E-state index in [1.54, 1.807) is 0 Å². The fraction of sp³-hybridized carbons (Fsp3) is 0.412. The van der Waals surface area contributed by atoms with Gasteiger partial charge >= 0.3 is 6.18 Å². The number of halogens is 3. The maximum absolute atomic E-state index is 13.1. The number of aliphatic hydroxyl groups excluding tert-OH is 1. The average Bonchev–Trinajstić information content (AvgIpc) is 3.38. The highest BCUT2D eigenvalue weighted by Gasteiger charge is 2.37. The summed E-state index contributed by atoms with van der Waals surface area (Å²) in [6.45, 7) is 1.45. The quantitative estimate of drug-likeness (QED) is 0.228. The predicted molar refractivity (Wildman–Crippen MR) is 91.5 cm³/mol. The lowest BCUT2D eigenvalue weighted by Crippen LogP contribution is -2.23. The van der Waals surface area contributed by atoms with Crippen molar-refractivity contribution in [1.82, 2.24) is 5.32 Å². The van der Waals surface area contributed by atoms with Crippen LogP contribution in [0.25, 0.3) is 0 Å². The third-order valence-corrected chi connectivity index (χ3v) is 5.05. The van der Waals surface area contributed by atoms with Gasteiger partial charge in [-0.1, -0.05) is 6.07 Å². The van der Waals surface area contributed by atoms with E-state index in [0.717, 1.165) is 36.7 Å². The minimum atomic E-state index is -4.52. The molecule has 136 valence electrons. The molecule has 25 heavy (non-hydrogen) atoms. The minimum absolute atomic E-state index is 0.0156. The minimum Gasteiger partial charge on any atom is -0.494 e. The smallest absolute Gasteiger partial charge is 0.417 e. The van der Waals surface area contributed by atoms with Crippen LogP contribution in [0, 0.1) is 18.3 Å². The molecule has 0 aliphatic heterocycles. The lowest BCUT2D eigenvalue weighted by molar-refractivity contribution is -0.139. The molecule has 1 aromatic rings. The molecule has 2 rings (SSSR count). The van der Waals surface area contributed by atoms with Crippen molar-refractivity contribution in [2.24, 2.45) is 5.92 Å². The van der Waals surface area contributed by atoms with Crippen LogP contribution in [0.3, 0.4) is 0 Å². The van der Waals surface area contributed by atoms with Crippen molar-refractivity contribution in [3.05, 3.63) is 40.3 Å². The summed E-state index contributed by atoms with van der Waals surface area (Å²) in [4.78, 5) is 12.9. The molecule has 8 heteroatoms. The Hall–Kier alpha value is -1.96. The van der Waals surface area contributed by atoms with Crippen molar-refractivity contribution < 1.29 is 23.1 Å². The molecule has 0 bridgehead atoms. The lowest BCUT2D eigenvalue weighted by atomic mass is 9.93. The molecule has 1 aromatic carbocycles. The van der Waals surface area contributed by atoms with E-state index in [-0.39, 0.29) is 33.2 Å². The average molecular weight is 372 g/mol. The second-order valence-corrected chi connectivity index (χ2v) is 6.62. The zero-order valence-electron chi connectivity index (χ0n) is 14.0. The summed E-state index contributed by atoms with van der Waals surface area (Å²) in [6.07, 6.45) is -1.49. The summed E-state index contributed by atoms with van der Waals surface area (Å²) >= 11 is 0.913. The predicted octanol–water partition coefficient (Wildman–Crippen LogP) is 4.34. The largest absolute Gasteiger partial charge is 0.494 e. The zero-order chi connectivity index (χ0) is 18.9. The standard InChI is InChI=1S/C17H19F3N2O2S/c1-8-10(6-7-11(15(8)25-3)17(18,19)20)14(23)12(16(24)22-2)13(21)9-4-5-9/h6-7,9,21-22,24H,4-5H2,1-3H3/b16-12-,21-13?. The number of allylic oxidation sites excluding steroid dienone is 1. The van der Waals surface area contributed by atoms with Crippen molar-refractivity contribution in [1.29, 1.82) is 5.41 Å². The highest BCUT2D eigenvalue weighted by atomic mass is 32.2. The molecule has 0 heterocycles.